The molecule has 0 aromatic heterocycles. The molecule has 0 saturated heterocycles. The molecule has 0 atom stereocenters. The molecule has 0 aliphatic heterocycles. The Balaban J connectivity index is 1.42. The van der Waals surface area contributed by atoms with Gasteiger partial charge < -0.3 is 20.6 Å². The van der Waals surface area contributed by atoms with Crippen molar-refractivity contribution in [1.82, 2.24) is 0 Å². The Labute approximate surface area is 244 Å². The lowest BCUT2D eigenvalue weighted by molar-refractivity contribution is 0.102. The van der Waals surface area contributed by atoms with Crippen molar-refractivity contribution in [2.24, 2.45) is 0 Å². The first-order chi connectivity index (χ1) is 19.9. The summed E-state index contributed by atoms with van der Waals surface area (Å²) in [5, 5.41) is 36.1. The molecule has 0 fully saturated rings. The number of carbonyl (C=O) groups excluding carboxylic acids is 1. The molecular weight excluding hydrogens is 550 g/mol. The van der Waals surface area contributed by atoms with Gasteiger partial charge in [0, 0.05) is 17.7 Å². The molecule has 0 aliphatic rings. The van der Waals surface area contributed by atoms with Gasteiger partial charge in [0.25, 0.3) is 5.91 Å². The first-order valence-electron chi connectivity index (χ1n) is 13.4. The third kappa shape index (κ3) is 5.41. The molecular formula is C34H31NO6S. The molecule has 8 heteroatoms. The lowest BCUT2D eigenvalue weighted by Crippen LogP contribution is -2.17. The maximum absolute atomic E-state index is 13.5. The van der Waals surface area contributed by atoms with Gasteiger partial charge in [0.15, 0.2) is 11.5 Å². The van der Waals surface area contributed by atoms with E-state index in [1.807, 2.05) is 69.3 Å². The fourth-order valence-corrected chi connectivity index (χ4v) is 6.70. The van der Waals surface area contributed by atoms with Crippen molar-refractivity contribution >= 4 is 32.2 Å². The molecule has 42 heavy (non-hydrogen) atoms. The average molecular weight is 582 g/mol. The quantitative estimate of drug-likeness (QED) is 0.161. The fraction of sp³-hybridized carbons (Fsp3) is 0.147. The highest BCUT2D eigenvalue weighted by Gasteiger charge is 2.27. The lowest BCUT2D eigenvalue weighted by atomic mass is 9.87. The highest BCUT2D eigenvalue weighted by atomic mass is 32.2. The molecule has 0 aliphatic carbocycles. The Morgan fingerprint density at radius 2 is 1.38 bits per heavy atom. The first-order valence-corrected chi connectivity index (χ1v) is 14.9. The minimum absolute atomic E-state index is 0.0692. The van der Waals surface area contributed by atoms with E-state index in [4.69, 9.17) is 0 Å². The molecule has 0 bridgehead atoms. The Bertz CT molecular complexity index is 1920. The second-order valence-corrected chi connectivity index (χ2v) is 13.1. The van der Waals surface area contributed by atoms with Crippen molar-refractivity contribution in [3.8, 4) is 17.2 Å². The average Bonchev–Trinajstić information content (AvgIpc) is 2.97. The zero-order valence-corrected chi connectivity index (χ0v) is 24.2. The molecule has 4 N–H and O–H groups in total. The molecule has 214 valence electrons. The number of phenols is 3. The van der Waals surface area contributed by atoms with E-state index in [1.165, 1.54) is 30.3 Å². The highest BCUT2D eigenvalue weighted by Crippen LogP contribution is 2.42. The van der Waals surface area contributed by atoms with Gasteiger partial charge >= 0.3 is 0 Å². The van der Waals surface area contributed by atoms with E-state index in [2.05, 4.69) is 5.32 Å². The smallest absolute Gasteiger partial charge is 0.259 e. The van der Waals surface area contributed by atoms with Crippen LogP contribution in [0.15, 0.2) is 107 Å². The summed E-state index contributed by atoms with van der Waals surface area (Å²) in [5.41, 5.74) is 1.48. The third-order valence-electron chi connectivity index (χ3n) is 7.24. The van der Waals surface area contributed by atoms with Crippen molar-refractivity contribution < 1.29 is 28.5 Å². The van der Waals surface area contributed by atoms with Crippen LogP contribution in [0.2, 0.25) is 0 Å². The van der Waals surface area contributed by atoms with E-state index in [-0.39, 0.29) is 38.4 Å². The van der Waals surface area contributed by atoms with Gasteiger partial charge in [0.1, 0.15) is 0 Å². The van der Waals surface area contributed by atoms with Gasteiger partial charge in [0.05, 0.1) is 15.4 Å². The van der Waals surface area contributed by atoms with E-state index in [9.17, 15) is 28.5 Å². The molecule has 1 amide bonds. The summed E-state index contributed by atoms with van der Waals surface area (Å²) < 4.78 is 26.9. The Morgan fingerprint density at radius 1 is 0.738 bits per heavy atom. The minimum atomic E-state index is -3.83. The van der Waals surface area contributed by atoms with Gasteiger partial charge in [-0.1, -0.05) is 81.4 Å². The number of rotatable bonds is 6. The van der Waals surface area contributed by atoms with Crippen LogP contribution in [-0.2, 0) is 21.7 Å². The van der Waals surface area contributed by atoms with Gasteiger partial charge in [-0.25, -0.2) is 8.42 Å². The summed E-state index contributed by atoms with van der Waals surface area (Å²) >= 11 is 0. The molecule has 0 unspecified atom stereocenters. The molecule has 5 aromatic carbocycles. The van der Waals surface area contributed by atoms with Gasteiger partial charge in [-0.3, -0.25) is 4.79 Å². The maximum Gasteiger partial charge on any atom is 0.259 e. The standard InChI is InChI=1S/C34H31NO6S/c1-34(2,3)28-13-6-7-14-29(28)42(40,41)25-17-15-24(16-18-25)35-33(39)27-20-23(30(36)32(38)31(27)37)19-22-11-8-10-21-9-4-5-12-26(21)22/h4-18,20,36-38H,19H2,1-3H3,(H,35,39). The number of hydrogen-bond donors (Lipinski definition) is 4. The van der Waals surface area contributed by atoms with Gasteiger partial charge in [-0.2, -0.15) is 0 Å². The summed E-state index contributed by atoms with van der Waals surface area (Å²) in [6, 6.07) is 27.4. The Morgan fingerprint density at radius 3 is 2.10 bits per heavy atom. The largest absolute Gasteiger partial charge is 0.504 e. The van der Waals surface area contributed by atoms with Crippen LogP contribution < -0.4 is 5.32 Å². The molecule has 7 nitrogen and oxygen atoms in total. The fourth-order valence-electron chi connectivity index (χ4n) is 5.03. The second kappa shape index (κ2) is 10.9. The van der Waals surface area contributed by atoms with Crippen molar-refractivity contribution in [3.63, 3.8) is 0 Å². The van der Waals surface area contributed by atoms with Crippen molar-refractivity contribution in [1.29, 1.82) is 0 Å². The van der Waals surface area contributed by atoms with E-state index >= 15 is 0 Å². The monoisotopic (exact) mass is 581 g/mol. The van der Waals surface area contributed by atoms with E-state index < -0.39 is 33.0 Å². The van der Waals surface area contributed by atoms with Crippen LogP contribution in [0, 0.1) is 0 Å². The number of sulfone groups is 1. The number of phenolic OH excluding ortho intramolecular Hbond substituents is 3. The summed E-state index contributed by atoms with van der Waals surface area (Å²) in [7, 11) is -3.83. The molecule has 5 aromatic rings. The summed E-state index contributed by atoms with van der Waals surface area (Å²) in [5.74, 6) is -2.81. The molecule has 0 saturated carbocycles. The lowest BCUT2D eigenvalue weighted by Gasteiger charge is -2.22. The predicted octanol–water partition coefficient (Wildman–Crippen LogP) is 6.93. The molecule has 0 radical (unpaired) electrons. The number of benzene rings is 5. The number of hydrogen-bond acceptors (Lipinski definition) is 6. The molecule has 0 heterocycles. The van der Waals surface area contributed by atoms with E-state index in [0.717, 1.165) is 16.3 Å². The Kier molecular flexibility index (Phi) is 7.43. The normalized spacial score (nSPS) is 11.9. The van der Waals surface area contributed by atoms with Crippen molar-refractivity contribution in [2.75, 3.05) is 5.32 Å². The topological polar surface area (TPSA) is 124 Å². The van der Waals surface area contributed by atoms with Crippen molar-refractivity contribution in [3.05, 3.63) is 119 Å². The summed E-state index contributed by atoms with van der Waals surface area (Å²) in [6.45, 7) is 5.85. The van der Waals surface area contributed by atoms with Crippen LogP contribution >= 0.6 is 0 Å². The minimum Gasteiger partial charge on any atom is -0.504 e. The van der Waals surface area contributed by atoms with Gasteiger partial charge in [0.2, 0.25) is 15.6 Å². The van der Waals surface area contributed by atoms with Crippen molar-refractivity contribution in [2.45, 2.75) is 42.4 Å². The van der Waals surface area contributed by atoms with Crippen LogP contribution in [0.4, 0.5) is 5.69 Å². The zero-order valence-electron chi connectivity index (χ0n) is 23.4. The van der Waals surface area contributed by atoms with Gasteiger partial charge in [-0.05, 0) is 63.7 Å². The van der Waals surface area contributed by atoms with E-state index in [0.29, 0.717) is 5.56 Å². The van der Waals surface area contributed by atoms with Crippen LogP contribution in [0.5, 0.6) is 17.2 Å². The van der Waals surface area contributed by atoms with E-state index in [1.54, 1.807) is 18.2 Å². The van der Waals surface area contributed by atoms with Crippen LogP contribution in [0.3, 0.4) is 0 Å². The third-order valence-corrected chi connectivity index (χ3v) is 9.07. The summed E-state index contributed by atoms with van der Waals surface area (Å²) in [4.78, 5) is 13.5. The number of anilines is 1. The first kappa shape index (κ1) is 28.7. The number of aromatic hydroxyl groups is 3. The number of nitrogens with one attached hydrogen (secondary N) is 1. The predicted molar refractivity (Wildman–Crippen MR) is 163 cm³/mol. The SMILES string of the molecule is CC(C)(C)c1ccccc1S(=O)(=O)c1ccc(NC(=O)c2cc(Cc3cccc4ccccc34)c(O)c(O)c2O)cc1. The highest BCUT2D eigenvalue weighted by molar-refractivity contribution is 7.91. The molecule has 0 spiro atoms. The number of amides is 1. The van der Waals surface area contributed by atoms with Crippen LogP contribution in [0.1, 0.15) is 47.8 Å². The van der Waals surface area contributed by atoms with Crippen LogP contribution in [-0.4, -0.2) is 29.6 Å². The number of carbonyl (C=O) groups is 1. The maximum atomic E-state index is 13.5. The van der Waals surface area contributed by atoms with Gasteiger partial charge in [-0.15, -0.1) is 0 Å². The summed E-state index contributed by atoms with van der Waals surface area (Å²) in [6.07, 6.45) is 0.198. The molecule has 5 rings (SSSR count). The zero-order chi connectivity index (χ0) is 30.2. The number of fused-ring (bicyclic) bond motifs is 1. The van der Waals surface area contributed by atoms with Crippen LogP contribution in [0.25, 0.3) is 10.8 Å². The second-order valence-electron chi connectivity index (χ2n) is 11.2. The Hall–Kier alpha value is -4.82.